The van der Waals surface area contributed by atoms with Crippen molar-refractivity contribution < 1.29 is 19.4 Å². The van der Waals surface area contributed by atoms with Crippen LogP contribution in [0.4, 0.5) is 5.13 Å². The van der Waals surface area contributed by atoms with Gasteiger partial charge in [-0.2, -0.15) is 0 Å². The number of hydrogen-bond donors (Lipinski definition) is 1. The van der Waals surface area contributed by atoms with Crippen LogP contribution in [0.5, 0.6) is 5.75 Å². The third-order valence-electron chi connectivity index (χ3n) is 6.83. The number of carboxylic acid groups (broad SMARTS) is 1. The average molecular weight is 524 g/mol. The van der Waals surface area contributed by atoms with Gasteiger partial charge >= 0.3 is 0 Å². The van der Waals surface area contributed by atoms with Crippen molar-refractivity contribution >= 4 is 22.9 Å². The standard InChI is InChI=1S/C28H35N3O2S.CH2O2/c1-21-6-9-27(25(16-21)26-20-34-28(29-26)31-10-4-3-5-11-31)33-19-24-8-7-23(17-22(24)2)18-30-12-14-32-15-13-30;2-1-3/h6-9,16-17,20H,3-5,10-15,18-19H2,1-2H3;1H,(H,2,3). The van der Waals surface area contributed by atoms with Gasteiger partial charge < -0.3 is 19.5 Å². The van der Waals surface area contributed by atoms with Gasteiger partial charge in [0.1, 0.15) is 12.4 Å². The zero-order valence-corrected chi connectivity index (χ0v) is 22.6. The van der Waals surface area contributed by atoms with Gasteiger partial charge in [-0.15, -0.1) is 11.3 Å². The summed E-state index contributed by atoms with van der Waals surface area (Å²) in [7, 11) is 0. The fourth-order valence-electron chi connectivity index (χ4n) is 4.78. The van der Waals surface area contributed by atoms with Crippen LogP contribution in [0.25, 0.3) is 11.3 Å². The molecule has 0 unspecified atom stereocenters. The summed E-state index contributed by atoms with van der Waals surface area (Å²) in [5.41, 5.74) is 7.18. The van der Waals surface area contributed by atoms with E-state index >= 15 is 0 Å². The minimum absolute atomic E-state index is 0.250. The van der Waals surface area contributed by atoms with Crippen LogP contribution in [0.3, 0.4) is 0 Å². The van der Waals surface area contributed by atoms with E-state index in [4.69, 9.17) is 24.4 Å². The third-order valence-corrected chi connectivity index (χ3v) is 7.73. The van der Waals surface area contributed by atoms with Crippen molar-refractivity contribution in [3.63, 3.8) is 0 Å². The molecule has 2 fully saturated rings. The summed E-state index contributed by atoms with van der Waals surface area (Å²) in [4.78, 5) is 18.2. The van der Waals surface area contributed by atoms with Gasteiger partial charge in [0.2, 0.25) is 0 Å². The second kappa shape index (κ2) is 13.6. The maximum absolute atomic E-state index is 8.36. The highest BCUT2D eigenvalue weighted by Crippen LogP contribution is 2.35. The molecule has 37 heavy (non-hydrogen) atoms. The zero-order valence-electron chi connectivity index (χ0n) is 21.8. The Morgan fingerprint density at radius 1 is 1.05 bits per heavy atom. The number of hydrogen-bond acceptors (Lipinski definition) is 7. The quantitative estimate of drug-likeness (QED) is 0.408. The number of nitrogens with zero attached hydrogens (tertiary/aromatic N) is 3. The predicted octanol–water partition coefficient (Wildman–Crippen LogP) is 5.53. The van der Waals surface area contributed by atoms with Crippen LogP contribution in [0.2, 0.25) is 0 Å². The van der Waals surface area contributed by atoms with E-state index in [-0.39, 0.29) is 6.47 Å². The van der Waals surface area contributed by atoms with Crippen molar-refractivity contribution in [2.24, 2.45) is 0 Å². The van der Waals surface area contributed by atoms with Gasteiger partial charge in [-0.3, -0.25) is 9.69 Å². The van der Waals surface area contributed by atoms with E-state index in [2.05, 4.69) is 65.4 Å². The Morgan fingerprint density at radius 3 is 2.54 bits per heavy atom. The molecule has 3 heterocycles. The smallest absolute Gasteiger partial charge is 0.290 e. The Hall–Kier alpha value is -2.94. The van der Waals surface area contributed by atoms with E-state index in [0.717, 1.165) is 68.1 Å². The molecule has 1 aromatic heterocycles. The van der Waals surface area contributed by atoms with Gasteiger partial charge in [0.15, 0.2) is 5.13 Å². The molecule has 0 amide bonds. The molecule has 0 radical (unpaired) electrons. The van der Waals surface area contributed by atoms with E-state index in [9.17, 15) is 0 Å². The number of piperidine rings is 1. The van der Waals surface area contributed by atoms with Gasteiger partial charge in [0.25, 0.3) is 6.47 Å². The summed E-state index contributed by atoms with van der Waals surface area (Å²) >= 11 is 1.75. The lowest BCUT2D eigenvalue weighted by Gasteiger charge is -2.26. The maximum Gasteiger partial charge on any atom is 0.290 e. The zero-order chi connectivity index (χ0) is 26.0. The molecular weight excluding hydrogens is 486 g/mol. The van der Waals surface area contributed by atoms with Gasteiger partial charge in [-0.05, 0) is 61.9 Å². The number of morpholine rings is 1. The molecule has 3 aromatic rings. The van der Waals surface area contributed by atoms with Crippen LogP contribution in [0, 0.1) is 13.8 Å². The summed E-state index contributed by atoms with van der Waals surface area (Å²) in [5, 5.41) is 10.2. The first-order valence-electron chi connectivity index (χ1n) is 13.0. The SMILES string of the molecule is Cc1ccc(OCc2ccc(CN3CCOCC3)cc2C)c(-c2csc(N3CCCCC3)n2)c1.O=CO. The number of carbonyl (C=O) groups is 1. The van der Waals surface area contributed by atoms with E-state index in [1.54, 1.807) is 11.3 Å². The Morgan fingerprint density at radius 2 is 1.81 bits per heavy atom. The van der Waals surface area contributed by atoms with E-state index in [0.29, 0.717) is 6.61 Å². The molecule has 2 saturated heterocycles. The monoisotopic (exact) mass is 523 g/mol. The number of aryl methyl sites for hydroxylation is 2. The largest absolute Gasteiger partial charge is 0.488 e. The summed E-state index contributed by atoms with van der Waals surface area (Å²) < 4.78 is 11.9. The molecule has 2 aliphatic heterocycles. The first-order valence-corrected chi connectivity index (χ1v) is 13.9. The van der Waals surface area contributed by atoms with E-state index in [1.807, 2.05) is 0 Å². The lowest BCUT2D eigenvalue weighted by atomic mass is 10.0. The van der Waals surface area contributed by atoms with Crippen LogP contribution in [-0.4, -0.2) is 60.9 Å². The number of anilines is 1. The normalized spacial score (nSPS) is 16.1. The topological polar surface area (TPSA) is 75.1 Å². The van der Waals surface area contributed by atoms with Crippen LogP contribution >= 0.6 is 11.3 Å². The third kappa shape index (κ3) is 7.53. The average Bonchev–Trinajstić information content (AvgIpc) is 3.41. The maximum atomic E-state index is 8.36. The first kappa shape index (κ1) is 27.1. The van der Waals surface area contributed by atoms with Crippen molar-refractivity contribution in [3.05, 3.63) is 64.0 Å². The number of aromatic nitrogens is 1. The number of benzene rings is 2. The molecule has 1 N–H and O–H groups in total. The molecule has 198 valence electrons. The van der Waals surface area contributed by atoms with Crippen molar-refractivity contribution in [2.75, 3.05) is 44.3 Å². The fourth-order valence-corrected chi connectivity index (χ4v) is 5.66. The van der Waals surface area contributed by atoms with Crippen LogP contribution in [0.1, 0.15) is 41.5 Å². The molecule has 0 spiro atoms. The van der Waals surface area contributed by atoms with Crippen molar-refractivity contribution in [3.8, 4) is 17.0 Å². The van der Waals surface area contributed by atoms with Crippen LogP contribution in [-0.2, 0) is 22.7 Å². The predicted molar refractivity (Wildman–Crippen MR) is 149 cm³/mol. The molecule has 2 aromatic carbocycles. The Kier molecular flexibility index (Phi) is 9.93. The number of rotatable bonds is 7. The van der Waals surface area contributed by atoms with Crippen LogP contribution in [0.15, 0.2) is 41.8 Å². The van der Waals surface area contributed by atoms with Gasteiger partial charge in [0.05, 0.1) is 18.9 Å². The Balaban J connectivity index is 0.00000102. The Bertz CT molecular complexity index is 1150. The molecule has 8 heteroatoms. The lowest BCUT2D eigenvalue weighted by molar-refractivity contribution is -0.122. The molecule has 0 saturated carbocycles. The summed E-state index contributed by atoms with van der Waals surface area (Å²) in [6, 6.07) is 13.2. The van der Waals surface area contributed by atoms with E-state index < -0.39 is 0 Å². The lowest BCUT2D eigenvalue weighted by Crippen LogP contribution is -2.35. The van der Waals surface area contributed by atoms with Crippen molar-refractivity contribution in [1.82, 2.24) is 9.88 Å². The van der Waals surface area contributed by atoms with Crippen LogP contribution < -0.4 is 9.64 Å². The molecule has 0 atom stereocenters. The molecule has 0 aliphatic carbocycles. The second-order valence-electron chi connectivity index (χ2n) is 9.61. The Labute approximate surface area is 223 Å². The van der Waals surface area contributed by atoms with Crippen molar-refractivity contribution in [1.29, 1.82) is 0 Å². The molecule has 5 rings (SSSR count). The molecule has 2 aliphatic rings. The number of thiazole rings is 1. The van der Waals surface area contributed by atoms with Gasteiger partial charge in [-0.1, -0.05) is 29.8 Å². The molecule has 7 nitrogen and oxygen atoms in total. The minimum Gasteiger partial charge on any atom is -0.488 e. The highest BCUT2D eigenvalue weighted by atomic mass is 32.1. The number of ether oxygens (including phenoxy) is 2. The first-order chi connectivity index (χ1) is 18.1. The highest BCUT2D eigenvalue weighted by molar-refractivity contribution is 7.14. The summed E-state index contributed by atoms with van der Waals surface area (Å²) in [6.07, 6.45) is 3.86. The summed E-state index contributed by atoms with van der Waals surface area (Å²) in [5.74, 6) is 0.901. The summed E-state index contributed by atoms with van der Waals surface area (Å²) in [6.45, 7) is 11.5. The highest BCUT2D eigenvalue weighted by Gasteiger charge is 2.17. The van der Waals surface area contributed by atoms with E-state index in [1.165, 1.54) is 41.5 Å². The fraction of sp³-hybridized carbons (Fsp3) is 0.448. The second-order valence-corrected chi connectivity index (χ2v) is 10.4. The van der Waals surface area contributed by atoms with Crippen molar-refractivity contribution in [2.45, 2.75) is 46.3 Å². The molecule has 0 bridgehead atoms. The minimum atomic E-state index is -0.250. The van der Waals surface area contributed by atoms with Gasteiger partial charge in [0, 0.05) is 43.7 Å². The molecular formula is C29H37N3O4S. The van der Waals surface area contributed by atoms with Gasteiger partial charge in [-0.25, -0.2) is 4.98 Å².